The highest BCUT2D eigenvalue weighted by Crippen LogP contribution is 2.28. The van der Waals surface area contributed by atoms with Crippen LogP contribution in [-0.4, -0.2) is 17.1 Å². The summed E-state index contributed by atoms with van der Waals surface area (Å²) in [5, 5.41) is 6.13. The second-order valence-corrected chi connectivity index (χ2v) is 9.85. The molecule has 2 N–H and O–H groups in total. The Hall–Kier alpha value is -1.98. The summed E-state index contributed by atoms with van der Waals surface area (Å²) in [6.07, 6.45) is 0.447. The summed E-state index contributed by atoms with van der Waals surface area (Å²) in [6, 6.07) is 13.0. The average molecular weight is 419 g/mol. The Balaban J connectivity index is 1.97. The minimum absolute atomic E-state index is 0.0170. The van der Waals surface area contributed by atoms with Gasteiger partial charge in [0.05, 0.1) is 5.25 Å². The summed E-state index contributed by atoms with van der Waals surface area (Å²) in [4.78, 5) is 25.5. The fourth-order valence-corrected chi connectivity index (χ4v) is 3.61. The molecule has 0 bridgehead atoms. The van der Waals surface area contributed by atoms with Crippen molar-refractivity contribution in [2.75, 3.05) is 10.6 Å². The molecule has 4 nitrogen and oxygen atoms in total. The van der Waals surface area contributed by atoms with Crippen LogP contribution in [-0.2, 0) is 9.59 Å². The van der Waals surface area contributed by atoms with Crippen molar-refractivity contribution in [1.82, 2.24) is 0 Å². The maximum atomic E-state index is 12.5. The molecule has 0 aromatic heterocycles. The number of benzene rings is 2. The average Bonchev–Trinajstić information content (AvgIpc) is 2.56. The number of carbonyl (C=O) groups excluding carboxylic acids is 2. The first kappa shape index (κ1) is 22.3. The van der Waals surface area contributed by atoms with E-state index in [0.717, 1.165) is 16.1 Å². The van der Waals surface area contributed by atoms with Gasteiger partial charge in [0.25, 0.3) is 0 Å². The molecule has 28 heavy (non-hydrogen) atoms. The van der Waals surface area contributed by atoms with Crippen molar-refractivity contribution in [3.63, 3.8) is 0 Å². The Kier molecular flexibility index (Phi) is 7.55. The number of rotatable bonds is 6. The van der Waals surface area contributed by atoms with Gasteiger partial charge >= 0.3 is 0 Å². The van der Waals surface area contributed by atoms with Crippen molar-refractivity contribution in [2.24, 2.45) is 5.41 Å². The lowest BCUT2D eigenvalue weighted by atomic mass is 9.92. The van der Waals surface area contributed by atoms with Crippen molar-refractivity contribution < 1.29 is 9.59 Å². The third-order valence-electron chi connectivity index (χ3n) is 3.93. The van der Waals surface area contributed by atoms with Crippen LogP contribution < -0.4 is 10.6 Å². The van der Waals surface area contributed by atoms with Gasteiger partial charge in [0.15, 0.2) is 0 Å². The second-order valence-electron chi connectivity index (χ2n) is 8.03. The lowest BCUT2D eigenvalue weighted by Gasteiger charge is -2.17. The van der Waals surface area contributed by atoms with E-state index in [1.54, 1.807) is 6.07 Å². The zero-order valence-electron chi connectivity index (χ0n) is 16.9. The number of nitrogens with one attached hydrogen (secondary N) is 2. The predicted octanol–water partition coefficient (Wildman–Crippen LogP) is 6.14. The Morgan fingerprint density at radius 2 is 1.75 bits per heavy atom. The van der Waals surface area contributed by atoms with Crippen LogP contribution in [0.3, 0.4) is 0 Å². The maximum Gasteiger partial charge on any atom is 0.237 e. The first-order chi connectivity index (χ1) is 13.0. The molecule has 1 unspecified atom stereocenters. The highest BCUT2D eigenvalue weighted by atomic mass is 35.5. The Bertz CT molecular complexity index is 862. The first-order valence-corrected chi connectivity index (χ1v) is 10.4. The largest absolute Gasteiger partial charge is 0.326 e. The van der Waals surface area contributed by atoms with Gasteiger partial charge in [-0.15, -0.1) is 11.8 Å². The van der Waals surface area contributed by atoms with Gasteiger partial charge in [-0.05, 0) is 55.2 Å². The van der Waals surface area contributed by atoms with Gasteiger partial charge in [-0.1, -0.05) is 44.5 Å². The van der Waals surface area contributed by atoms with E-state index in [1.165, 1.54) is 11.8 Å². The van der Waals surface area contributed by atoms with Crippen LogP contribution in [0.4, 0.5) is 11.4 Å². The molecule has 1 atom stereocenters. The number of thioether (sulfide) groups is 1. The molecule has 2 aromatic rings. The van der Waals surface area contributed by atoms with Gasteiger partial charge in [-0.3, -0.25) is 9.59 Å². The van der Waals surface area contributed by atoms with E-state index in [1.807, 2.05) is 71.0 Å². The number of hydrogen-bond donors (Lipinski definition) is 2. The Morgan fingerprint density at radius 1 is 1.07 bits per heavy atom. The van der Waals surface area contributed by atoms with E-state index in [0.29, 0.717) is 17.1 Å². The zero-order chi connectivity index (χ0) is 20.9. The van der Waals surface area contributed by atoms with Crippen molar-refractivity contribution in [3.05, 3.63) is 53.1 Å². The highest BCUT2D eigenvalue weighted by molar-refractivity contribution is 8.00. The minimum Gasteiger partial charge on any atom is -0.326 e. The predicted molar refractivity (Wildman–Crippen MR) is 119 cm³/mol. The summed E-state index contributed by atoms with van der Waals surface area (Å²) >= 11 is 7.55. The standard InChI is InChI=1S/C22H27ClN2O2S/c1-14-9-10-17(12-19(14)23)25-21(27)15(2)28-18-8-6-7-16(11-18)24-20(26)13-22(3,4)5/h6-12,15H,13H2,1-5H3,(H,24,26)(H,25,27). The molecule has 0 saturated carbocycles. The second kappa shape index (κ2) is 9.48. The molecule has 0 aliphatic heterocycles. The molecule has 150 valence electrons. The van der Waals surface area contributed by atoms with Crippen molar-refractivity contribution in [3.8, 4) is 0 Å². The molecule has 0 aliphatic carbocycles. The van der Waals surface area contributed by atoms with Gasteiger partial charge in [0, 0.05) is 27.7 Å². The summed E-state index contributed by atoms with van der Waals surface area (Å²) < 4.78 is 0. The third-order valence-corrected chi connectivity index (χ3v) is 5.43. The van der Waals surface area contributed by atoms with Crippen LogP contribution in [0.15, 0.2) is 47.4 Å². The smallest absolute Gasteiger partial charge is 0.237 e. The number of amides is 2. The summed E-state index contributed by atoms with van der Waals surface area (Å²) in [7, 11) is 0. The fourth-order valence-electron chi connectivity index (χ4n) is 2.51. The van der Waals surface area contributed by atoms with Crippen LogP contribution in [0.1, 0.15) is 39.7 Å². The van der Waals surface area contributed by atoms with Gasteiger partial charge in [-0.25, -0.2) is 0 Å². The molecule has 0 radical (unpaired) electrons. The molecule has 2 rings (SSSR count). The highest BCUT2D eigenvalue weighted by Gasteiger charge is 2.17. The maximum absolute atomic E-state index is 12.5. The van der Waals surface area contributed by atoms with Crippen LogP contribution in [0.2, 0.25) is 5.02 Å². The molecule has 0 saturated heterocycles. The van der Waals surface area contributed by atoms with Crippen molar-refractivity contribution in [2.45, 2.75) is 51.2 Å². The lowest BCUT2D eigenvalue weighted by molar-refractivity contribution is -0.118. The number of carbonyl (C=O) groups is 2. The SMILES string of the molecule is Cc1ccc(NC(=O)C(C)Sc2cccc(NC(=O)CC(C)(C)C)c2)cc1Cl. The van der Waals surface area contributed by atoms with E-state index >= 15 is 0 Å². The van der Waals surface area contributed by atoms with Crippen molar-refractivity contribution >= 4 is 46.6 Å². The number of hydrogen-bond acceptors (Lipinski definition) is 3. The summed E-state index contributed by atoms with van der Waals surface area (Å²) in [6.45, 7) is 9.85. The van der Waals surface area contributed by atoms with Crippen LogP contribution >= 0.6 is 23.4 Å². The molecule has 0 heterocycles. The Morgan fingerprint density at radius 3 is 2.39 bits per heavy atom. The van der Waals surface area contributed by atoms with Gasteiger partial charge in [-0.2, -0.15) is 0 Å². The zero-order valence-corrected chi connectivity index (χ0v) is 18.5. The molecule has 2 amide bonds. The summed E-state index contributed by atoms with van der Waals surface area (Å²) in [5.74, 6) is -0.121. The molecule has 6 heteroatoms. The topological polar surface area (TPSA) is 58.2 Å². The van der Waals surface area contributed by atoms with E-state index in [4.69, 9.17) is 11.6 Å². The van der Waals surface area contributed by atoms with Gasteiger partial charge in [0.1, 0.15) is 0 Å². The molecular formula is C22H27ClN2O2S. The number of aryl methyl sites for hydroxylation is 1. The van der Waals surface area contributed by atoms with Crippen LogP contribution in [0.5, 0.6) is 0 Å². The first-order valence-electron chi connectivity index (χ1n) is 9.17. The lowest BCUT2D eigenvalue weighted by Crippen LogP contribution is -2.22. The van der Waals surface area contributed by atoms with Gasteiger partial charge in [0.2, 0.25) is 11.8 Å². The molecular weight excluding hydrogens is 392 g/mol. The normalized spacial score (nSPS) is 12.4. The molecule has 0 aliphatic rings. The van der Waals surface area contributed by atoms with E-state index < -0.39 is 0 Å². The quantitative estimate of drug-likeness (QED) is 0.553. The summed E-state index contributed by atoms with van der Waals surface area (Å²) in [5.41, 5.74) is 2.31. The number of halogens is 1. The molecule has 2 aromatic carbocycles. The molecule has 0 spiro atoms. The minimum atomic E-state index is -0.305. The van der Waals surface area contributed by atoms with E-state index in [9.17, 15) is 9.59 Å². The molecule has 0 fully saturated rings. The monoisotopic (exact) mass is 418 g/mol. The van der Waals surface area contributed by atoms with E-state index in [-0.39, 0.29) is 22.5 Å². The van der Waals surface area contributed by atoms with Crippen molar-refractivity contribution in [1.29, 1.82) is 0 Å². The van der Waals surface area contributed by atoms with Crippen LogP contribution in [0.25, 0.3) is 0 Å². The third kappa shape index (κ3) is 7.21. The Labute approximate surface area is 176 Å². The number of anilines is 2. The van der Waals surface area contributed by atoms with Gasteiger partial charge < -0.3 is 10.6 Å². The van der Waals surface area contributed by atoms with E-state index in [2.05, 4.69) is 10.6 Å². The van der Waals surface area contributed by atoms with Crippen LogP contribution in [0, 0.1) is 12.3 Å². The fraction of sp³-hybridized carbons (Fsp3) is 0.364.